The Kier molecular flexibility index (Phi) is 5.09. The molecule has 2 amide bonds. The lowest BCUT2D eigenvalue weighted by Crippen LogP contribution is -2.55. The van der Waals surface area contributed by atoms with E-state index in [0.717, 1.165) is 11.1 Å². The second kappa shape index (κ2) is 6.71. The van der Waals surface area contributed by atoms with Crippen LogP contribution in [0.3, 0.4) is 0 Å². The molecular formula is C18H26N2O3. The quantitative estimate of drug-likeness (QED) is 0.917. The standard InChI is InChI=1S/C18H26N2O3/c1-5-19(12-18(3,4)23)17(22)16-10-14-8-6-7-9-15(14)11-20(16)13(2)21/h6-9,16,23H,5,10-12H2,1-4H3. The number of carbonyl (C=O) groups excluding carboxylic acids is 2. The van der Waals surface area contributed by atoms with Crippen molar-refractivity contribution in [3.63, 3.8) is 0 Å². The van der Waals surface area contributed by atoms with Crippen LogP contribution in [0.25, 0.3) is 0 Å². The van der Waals surface area contributed by atoms with Crippen LogP contribution in [-0.2, 0) is 22.6 Å². The molecule has 1 aromatic rings. The van der Waals surface area contributed by atoms with Gasteiger partial charge in [-0.25, -0.2) is 0 Å². The van der Waals surface area contributed by atoms with Gasteiger partial charge in [0.25, 0.3) is 0 Å². The Bertz CT molecular complexity index is 592. The molecule has 1 N–H and O–H groups in total. The molecule has 5 nitrogen and oxygen atoms in total. The van der Waals surface area contributed by atoms with Gasteiger partial charge in [-0.2, -0.15) is 0 Å². The number of aliphatic hydroxyl groups is 1. The molecule has 0 bridgehead atoms. The first-order valence-electron chi connectivity index (χ1n) is 8.08. The lowest BCUT2D eigenvalue weighted by molar-refractivity contribution is -0.147. The normalized spacial score (nSPS) is 17.6. The van der Waals surface area contributed by atoms with Crippen LogP contribution in [0.1, 0.15) is 38.8 Å². The van der Waals surface area contributed by atoms with Crippen molar-refractivity contribution in [3.05, 3.63) is 35.4 Å². The van der Waals surface area contributed by atoms with Crippen molar-refractivity contribution < 1.29 is 14.7 Å². The molecule has 5 heteroatoms. The maximum absolute atomic E-state index is 13.0. The zero-order valence-corrected chi connectivity index (χ0v) is 14.4. The van der Waals surface area contributed by atoms with Gasteiger partial charge in [0.05, 0.1) is 5.60 Å². The van der Waals surface area contributed by atoms with Crippen molar-refractivity contribution in [2.75, 3.05) is 13.1 Å². The lowest BCUT2D eigenvalue weighted by atomic mass is 9.93. The van der Waals surface area contributed by atoms with Crippen LogP contribution >= 0.6 is 0 Å². The number of carbonyl (C=O) groups is 2. The van der Waals surface area contributed by atoms with Gasteiger partial charge in [-0.1, -0.05) is 24.3 Å². The number of fused-ring (bicyclic) bond motifs is 1. The second-order valence-electron chi connectivity index (χ2n) is 6.80. The van der Waals surface area contributed by atoms with E-state index in [2.05, 4.69) is 0 Å². The highest BCUT2D eigenvalue weighted by molar-refractivity contribution is 5.87. The Morgan fingerprint density at radius 2 is 1.91 bits per heavy atom. The lowest BCUT2D eigenvalue weighted by Gasteiger charge is -2.39. The molecule has 0 radical (unpaired) electrons. The van der Waals surface area contributed by atoms with Crippen molar-refractivity contribution >= 4 is 11.8 Å². The van der Waals surface area contributed by atoms with E-state index in [1.54, 1.807) is 23.6 Å². The molecule has 0 saturated heterocycles. The molecule has 1 unspecified atom stereocenters. The van der Waals surface area contributed by atoms with Crippen LogP contribution in [0.2, 0.25) is 0 Å². The summed E-state index contributed by atoms with van der Waals surface area (Å²) in [7, 11) is 0. The molecule has 1 aliphatic heterocycles. The minimum absolute atomic E-state index is 0.0978. The Morgan fingerprint density at radius 3 is 2.43 bits per heavy atom. The molecule has 0 aliphatic carbocycles. The predicted octanol–water partition coefficient (Wildman–Crippen LogP) is 1.58. The molecule has 1 atom stereocenters. The van der Waals surface area contributed by atoms with E-state index in [-0.39, 0.29) is 18.4 Å². The van der Waals surface area contributed by atoms with Gasteiger partial charge in [0.1, 0.15) is 6.04 Å². The zero-order chi connectivity index (χ0) is 17.2. The van der Waals surface area contributed by atoms with Crippen molar-refractivity contribution in [1.82, 2.24) is 9.80 Å². The van der Waals surface area contributed by atoms with Gasteiger partial charge in [-0.15, -0.1) is 0 Å². The summed E-state index contributed by atoms with van der Waals surface area (Å²) < 4.78 is 0. The number of rotatable bonds is 4. The topological polar surface area (TPSA) is 60.9 Å². The zero-order valence-electron chi connectivity index (χ0n) is 14.4. The van der Waals surface area contributed by atoms with Gasteiger partial charge < -0.3 is 14.9 Å². The summed E-state index contributed by atoms with van der Waals surface area (Å²) in [6.07, 6.45) is 0.525. The van der Waals surface area contributed by atoms with E-state index in [1.807, 2.05) is 31.2 Å². The second-order valence-corrected chi connectivity index (χ2v) is 6.80. The third-order valence-corrected chi connectivity index (χ3v) is 4.21. The van der Waals surface area contributed by atoms with E-state index < -0.39 is 11.6 Å². The van der Waals surface area contributed by atoms with Crippen molar-refractivity contribution in [3.8, 4) is 0 Å². The van der Waals surface area contributed by atoms with Crippen LogP contribution < -0.4 is 0 Å². The van der Waals surface area contributed by atoms with Crippen LogP contribution in [0.4, 0.5) is 0 Å². The molecule has 23 heavy (non-hydrogen) atoms. The van der Waals surface area contributed by atoms with Gasteiger partial charge >= 0.3 is 0 Å². The molecule has 0 fully saturated rings. The van der Waals surface area contributed by atoms with Gasteiger partial charge in [-0.3, -0.25) is 9.59 Å². The Labute approximate surface area is 137 Å². The Morgan fingerprint density at radius 1 is 1.30 bits per heavy atom. The van der Waals surface area contributed by atoms with Crippen molar-refractivity contribution in [1.29, 1.82) is 0 Å². The van der Waals surface area contributed by atoms with Crippen LogP contribution in [0.15, 0.2) is 24.3 Å². The smallest absolute Gasteiger partial charge is 0.245 e. The highest BCUT2D eigenvalue weighted by Gasteiger charge is 2.36. The molecule has 126 valence electrons. The van der Waals surface area contributed by atoms with Crippen LogP contribution in [-0.4, -0.2) is 51.5 Å². The highest BCUT2D eigenvalue weighted by Crippen LogP contribution is 2.25. The summed E-state index contributed by atoms with van der Waals surface area (Å²) in [5.41, 5.74) is 1.25. The molecule has 0 aromatic heterocycles. The summed E-state index contributed by atoms with van der Waals surface area (Å²) in [6.45, 7) is 7.98. The number of benzene rings is 1. The molecule has 2 rings (SSSR count). The first-order valence-corrected chi connectivity index (χ1v) is 8.08. The van der Waals surface area contributed by atoms with E-state index in [9.17, 15) is 14.7 Å². The third kappa shape index (κ3) is 4.10. The molecule has 0 spiro atoms. The number of hydrogen-bond donors (Lipinski definition) is 1. The summed E-state index contributed by atoms with van der Waals surface area (Å²) >= 11 is 0. The van der Waals surface area contributed by atoms with E-state index in [0.29, 0.717) is 19.5 Å². The number of likely N-dealkylation sites (N-methyl/N-ethyl adjacent to an activating group) is 1. The maximum Gasteiger partial charge on any atom is 0.245 e. The summed E-state index contributed by atoms with van der Waals surface area (Å²) in [5, 5.41) is 10.0. The summed E-state index contributed by atoms with van der Waals surface area (Å²) in [5.74, 6) is -0.198. The average molecular weight is 318 g/mol. The maximum atomic E-state index is 13.0. The number of hydrogen-bond acceptors (Lipinski definition) is 3. The Balaban J connectivity index is 2.28. The third-order valence-electron chi connectivity index (χ3n) is 4.21. The summed E-state index contributed by atoms with van der Waals surface area (Å²) in [6, 6.07) is 7.42. The van der Waals surface area contributed by atoms with Crippen LogP contribution in [0, 0.1) is 0 Å². The largest absolute Gasteiger partial charge is 0.389 e. The molecule has 1 aromatic carbocycles. The molecular weight excluding hydrogens is 292 g/mol. The highest BCUT2D eigenvalue weighted by atomic mass is 16.3. The minimum Gasteiger partial charge on any atom is -0.389 e. The molecule has 1 aliphatic rings. The van der Waals surface area contributed by atoms with E-state index in [1.165, 1.54) is 6.92 Å². The van der Waals surface area contributed by atoms with Gasteiger partial charge in [0, 0.05) is 33.0 Å². The van der Waals surface area contributed by atoms with Crippen molar-refractivity contribution in [2.24, 2.45) is 0 Å². The summed E-state index contributed by atoms with van der Waals surface area (Å²) in [4.78, 5) is 28.2. The predicted molar refractivity (Wildman–Crippen MR) is 88.7 cm³/mol. The number of amides is 2. The monoisotopic (exact) mass is 318 g/mol. The first kappa shape index (κ1) is 17.5. The fourth-order valence-electron chi connectivity index (χ4n) is 3.10. The fourth-order valence-corrected chi connectivity index (χ4v) is 3.10. The van der Waals surface area contributed by atoms with Crippen molar-refractivity contribution in [2.45, 2.75) is 52.3 Å². The fraction of sp³-hybridized carbons (Fsp3) is 0.556. The van der Waals surface area contributed by atoms with Gasteiger partial charge in [0.2, 0.25) is 11.8 Å². The number of nitrogens with zero attached hydrogens (tertiary/aromatic N) is 2. The molecule has 0 saturated carbocycles. The van der Waals surface area contributed by atoms with Crippen LogP contribution in [0.5, 0.6) is 0 Å². The first-order chi connectivity index (χ1) is 10.7. The minimum atomic E-state index is -0.959. The SMILES string of the molecule is CCN(CC(C)(C)O)C(=O)C1Cc2ccccc2CN1C(C)=O. The Hall–Kier alpha value is -1.88. The van der Waals surface area contributed by atoms with E-state index >= 15 is 0 Å². The van der Waals surface area contributed by atoms with E-state index in [4.69, 9.17) is 0 Å². The average Bonchev–Trinajstić information content (AvgIpc) is 2.49. The van der Waals surface area contributed by atoms with Gasteiger partial charge in [0.15, 0.2) is 0 Å². The van der Waals surface area contributed by atoms with Gasteiger partial charge in [-0.05, 0) is 31.9 Å². The molecule has 1 heterocycles.